The third kappa shape index (κ3) is 2.50. The monoisotopic (exact) mass is 241 g/mol. The Hall–Kier alpha value is -1.60. The maximum absolute atomic E-state index is 13.1. The van der Waals surface area contributed by atoms with Gasteiger partial charge in [0.2, 0.25) is 0 Å². The van der Waals surface area contributed by atoms with Crippen LogP contribution in [0, 0.1) is 17.1 Å². The van der Waals surface area contributed by atoms with Crippen molar-refractivity contribution in [1.29, 1.82) is 5.26 Å². The Bertz CT molecular complexity index is 454. The third-order valence-electron chi connectivity index (χ3n) is 1.93. The molecule has 0 fully saturated rings. The van der Waals surface area contributed by atoms with Gasteiger partial charge < -0.3 is 4.74 Å². The number of alkyl halides is 1. The summed E-state index contributed by atoms with van der Waals surface area (Å²) in [6, 6.07) is 3.86. The third-order valence-corrected chi connectivity index (χ3v) is 2.22. The van der Waals surface area contributed by atoms with E-state index in [1.165, 1.54) is 0 Å². The van der Waals surface area contributed by atoms with E-state index in [0.29, 0.717) is 0 Å². The number of halogens is 2. The normalized spacial score (nSPS) is 9.62. The summed E-state index contributed by atoms with van der Waals surface area (Å²) in [7, 11) is 0. The molecule has 5 heteroatoms. The Labute approximate surface area is 97.4 Å². The van der Waals surface area contributed by atoms with Crippen LogP contribution in [0.1, 0.15) is 28.4 Å². The van der Waals surface area contributed by atoms with Crippen LogP contribution in [0.15, 0.2) is 12.1 Å². The molecule has 0 N–H and O–H groups in total. The van der Waals surface area contributed by atoms with Gasteiger partial charge in [-0.25, -0.2) is 9.18 Å². The summed E-state index contributed by atoms with van der Waals surface area (Å²) in [5.74, 6) is -1.31. The van der Waals surface area contributed by atoms with E-state index in [-0.39, 0.29) is 29.2 Å². The van der Waals surface area contributed by atoms with E-state index >= 15 is 0 Å². The lowest BCUT2D eigenvalue weighted by molar-refractivity contribution is 0.0525. The molecule has 0 radical (unpaired) electrons. The summed E-state index contributed by atoms with van der Waals surface area (Å²) >= 11 is 5.59. The quantitative estimate of drug-likeness (QED) is 0.604. The molecule has 1 aromatic carbocycles. The Morgan fingerprint density at radius 2 is 2.31 bits per heavy atom. The molecule has 0 heterocycles. The molecule has 0 aliphatic carbocycles. The number of nitriles is 1. The molecular formula is C11H9ClFNO2. The van der Waals surface area contributed by atoms with Crippen molar-refractivity contribution in [2.24, 2.45) is 0 Å². The second-order valence-corrected chi connectivity index (χ2v) is 3.22. The molecule has 3 nitrogen and oxygen atoms in total. The maximum Gasteiger partial charge on any atom is 0.339 e. The van der Waals surface area contributed by atoms with Crippen LogP contribution >= 0.6 is 11.6 Å². The predicted molar refractivity (Wildman–Crippen MR) is 56.6 cm³/mol. The molecule has 0 atom stereocenters. The van der Waals surface area contributed by atoms with Crippen LogP contribution in [0.5, 0.6) is 0 Å². The van der Waals surface area contributed by atoms with Gasteiger partial charge in [0.15, 0.2) is 0 Å². The zero-order chi connectivity index (χ0) is 12.1. The van der Waals surface area contributed by atoms with Gasteiger partial charge in [0.1, 0.15) is 11.9 Å². The predicted octanol–water partition coefficient (Wildman–Crippen LogP) is 2.61. The molecule has 1 aromatic rings. The minimum atomic E-state index is -0.658. The summed E-state index contributed by atoms with van der Waals surface area (Å²) in [4.78, 5) is 11.6. The first-order chi connectivity index (χ1) is 7.63. The van der Waals surface area contributed by atoms with Crippen molar-refractivity contribution >= 4 is 17.6 Å². The molecule has 0 unspecified atom stereocenters. The summed E-state index contributed by atoms with van der Waals surface area (Å²) < 4.78 is 17.9. The summed E-state index contributed by atoms with van der Waals surface area (Å²) in [5, 5.41) is 8.81. The fourth-order valence-electron chi connectivity index (χ4n) is 1.30. The second kappa shape index (κ2) is 5.47. The molecular weight excluding hydrogens is 233 g/mol. The summed E-state index contributed by atoms with van der Waals surface area (Å²) in [6.45, 7) is 1.83. The summed E-state index contributed by atoms with van der Waals surface area (Å²) in [6.07, 6.45) is 0. The van der Waals surface area contributed by atoms with E-state index in [1.54, 1.807) is 13.0 Å². The van der Waals surface area contributed by atoms with Crippen LogP contribution in [-0.4, -0.2) is 12.6 Å². The first-order valence-electron chi connectivity index (χ1n) is 4.59. The molecule has 0 saturated carbocycles. The minimum absolute atomic E-state index is 0.0424. The Morgan fingerprint density at radius 3 is 2.81 bits per heavy atom. The van der Waals surface area contributed by atoms with Crippen LogP contribution in [0.25, 0.3) is 0 Å². The van der Waals surface area contributed by atoms with Crippen molar-refractivity contribution in [3.05, 3.63) is 34.6 Å². The highest BCUT2D eigenvalue weighted by molar-refractivity contribution is 6.17. The zero-order valence-electron chi connectivity index (χ0n) is 8.59. The number of rotatable bonds is 3. The van der Waals surface area contributed by atoms with Crippen molar-refractivity contribution in [3.63, 3.8) is 0 Å². The molecule has 0 amide bonds. The number of carbonyl (C=O) groups is 1. The lowest BCUT2D eigenvalue weighted by atomic mass is 10.0. The number of hydrogen-bond acceptors (Lipinski definition) is 3. The molecule has 0 spiro atoms. The highest BCUT2D eigenvalue weighted by Crippen LogP contribution is 2.19. The van der Waals surface area contributed by atoms with Crippen molar-refractivity contribution < 1.29 is 13.9 Å². The van der Waals surface area contributed by atoms with Crippen molar-refractivity contribution in [1.82, 2.24) is 0 Å². The van der Waals surface area contributed by atoms with Gasteiger partial charge >= 0.3 is 5.97 Å². The minimum Gasteiger partial charge on any atom is -0.462 e. The molecule has 1 rings (SSSR count). The molecule has 0 saturated heterocycles. The van der Waals surface area contributed by atoms with Crippen molar-refractivity contribution in [3.8, 4) is 6.07 Å². The molecule has 0 bridgehead atoms. The number of carbonyl (C=O) groups excluding carboxylic acids is 1. The molecule has 16 heavy (non-hydrogen) atoms. The lowest BCUT2D eigenvalue weighted by Gasteiger charge is -2.08. The van der Waals surface area contributed by atoms with E-state index in [1.807, 2.05) is 0 Å². The van der Waals surface area contributed by atoms with Gasteiger partial charge in [0.25, 0.3) is 0 Å². The Morgan fingerprint density at radius 1 is 1.62 bits per heavy atom. The maximum atomic E-state index is 13.1. The highest BCUT2D eigenvalue weighted by atomic mass is 35.5. The highest BCUT2D eigenvalue weighted by Gasteiger charge is 2.18. The van der Waals surface area contributed by atoms with Crippen LogP contribution in [0.2, 0.25) is 0 Å². The smallest absolute Gasteiger partial charge is 0.339 e. The van der Waals surface area contributed by atoms with Crippen molar-refractivity contribution in [2.75, 3.05) is 6.61 Å². The zero-order valence-corrected chi connectivity index (χ0v) is 9.34. The fourth-order valence-corrected chi connectivity index (χ4v) is 1.51. The molecule has 0 aliphatic heterocycles. The lowest BCUT2D eigenvalue weighted by Crippen LogP contribution is -2.10. The molecule has 0 aliphatic rings. The van der Waals surface area contributed by atoms with Gasteiger partial charge in [-0.05, 0) is 24.6 Å². The summed E-state index contributed by atoms with van der Waals surface area (Å²) in [5.41, 5.74) is 0.242. The van der Waals surface area contributed by atoms with Gasteiger partial charge in [-0.2, -0.15) is 5.26 Å². The van der Waals surface area contributed by atoms with Crippen LogP contribution in [0.4, 0.5) is 4.39 Å². The topological polar surface area (TPSA) is 50.1 Å². The SMILES string of the molecule is CCOC(=O)c1c(C#N)cc(F)cc1CCl. The van der Waals surface area contributed by atoms with Crippen LogP contribution in [0.3, 0.4) is 0 Å². The first-order valence-corrected chi connectivity index (χ1v) is 5.13. The van der Waals surface area contributed by atoms with Gasteiger partial charge in [0, 0.05) is 5.88 Å². The standard InChI is InChI=1S/C11H9ClFNO2/c1-2-16-11(15)10-7(5-12)3-9(13)4-8(10)6-14/h3-4H,2,5H2,1H3. The Kier molecular flexibility index (Phi) is 4.27. The Balaban J connectivity index is 3.34. The van der Waals surface area contributed by atoms with Gasteiger partial charge in [-0.1, -0.05) is 0 Å². The van der Waals surface area contributed by atoms with Gasteiger partial charge in [0.05, 0.1) is 17.7 Å². The van der Waals surface area contributed by atoms with E-state index in [0.717, 1.165) is 12.1 Å². The number of hydrogen-bond donors (Lipinski definition) is 0. The van der Waals surface area contributed by atoms with E-state index < -0.39 is 11.8 Å². The van der Waals surface area contributed by atoms with E-state index in [9.17, 15) is 9.18 Å². The average molecular weight is 242 g/mol. The number of esters is 1. The van der Waals surface area contributed by atoms with Crippen molar-refractivity contribution in [2.45, 2.75) is 12.8 Å². The second-order valence-electron chi connectivity index (χ2n) is 2.95. The number of benzene rings is 1. The molecule has 84 valence electrons. The average Bonchev–Trinajstić information content (AvgIpc) is 2.27. The van der Waals surface area contributed by atoms with Crippen LogP contribution in [-0.2, 0) is 10.6 Å². The van der Waals surface area contributed by atoms with Gasteiger partial charge in [-0.15, -0.1) is 11.6 Å². The van der Waals surface area contributed by atoms with E-state index in [4.69, 9.17) is 21.6 Å². The van der Waals surface area contributed by atoms with E-state index in [2.05, 4.69) is 0 Å². The number of ether oxygens (including phenoxy) is 1. The number of nitrogens with zero attached hydrogens (tertiary/aromatic N) is 1. The molecule has 0 aromatic heterocycles. The fraction of sp³-hybridized carbons (Fsp3) is 0.273. The van der Waals surface area contributed by atoms with Crippen LogP contribution < -0.4 is 0 Å². The van der Waals surface area contributed by atoms with Gasteiger partial charge in [-0.3, -0.25) is 0 Å². The first kappa shape index (κ1) is 12.5. The largest absolute Gasteiger partial charge is 0.462 e.